The van der Waals surface area contributed by atoms with Gasteiger partial charge in [-0.1, -0.05) is 0 Å². The van der Waals surface area contributed by atoms with E-state index in [0.29, 0.717) is 6.67 Å². The summed E-state index contributed by atoms with van der Waals surface area (Å²) < 4.78 is 0. The molecule has 0 amide bonds. The van der Waals surface area contributed by atoms with E-state index < -0.39 is 0 Å². The zero-order valence-electron chi connectivity index (χ0n) is 3.15. The minimum atomic E-state index is 0.431. The normalized spacial score (nSPS) is 7.40. The third-order valence-electron chi connectivity index (χ3n) is 0.237. The molecular formula is C2H7N3. The molecule has 3 nitrogen and oxygen atoms in total. The molecule has 0 unspecified atom stereocenters. The summed E-state index contributed by atoms with van der Waals surface area (Å²) in [6, 6.07) is 0. The number of hydrogen-bond acceptors (Lipinski definition) is 3. The molecule has 0 bridgehead atoms. The summed E-state index contributed by atoms with van der Waals surface area (Å²) in [5, 5.41) is 5.66. The molecule has 0 aliphatic carbocycles. The highest BCUT2D eigenvalue weighted by molar-refractivity contribution is 4.18. The lowest BCUT2D eigenvalue weighted by molar-refractivity contribution is 0.771. The minimum Gasteiger partial charge on any atom is -0.300 e. The first-order valence-electron chi connectivity index (χ1n) is 1.39. The molecule has 0 radical (unpaired) electrons. The Balaban J connectivity index is 2.40. The van der Waals surface area contributed by atoms with E-state index in [2.05, 4.69) is 10.4 Å². The molecule has 30 valence electrons. The quantitative estimate of drug-likeness (QED) is 0.450. The maximum Gasteiger partial charge on any atom is 0.109 e. The summed E-state index contributed by atoms with van der Waals surface area (Å²) in [5.41, 5.74) is 6.17. The molecule has 0 aliphatic heterocycles. The van der Waals surface area contributed by atoms with Crippen LogP contribution >= 0.6 is 0 Å². The van der Waals surface area contributed by atoms with Crippen molar-refractivity contribution in [1.82, 2.24) is 5.32 Å². The Hall–Kier alpha value is -0.440. The maximum atomic E-state index is 6.17. The van der Waals surface area contributed by atoms with Crippen LogP contribution in [0.3, 0.4) is 0 Å². The predicted octanol–water partition coefficient (Wildman–Crippen LogP) is 0.194. The SMILES string of the molecule is CNCN=N. The van der Waals surface area contributed by atoms with E-state index in [1.54, 1.807) is 7.05 Å². The molecule has 3 heteroatoms. The topological polar surface area (TPSA) is 48.2 Å². The summed E-state index contributed by atoms with van der Waals surface area (Å²) in [6.07, 6.45) is 0. The van der Waals surface area contributed by atoms with Gasteiger partial charge in [-0.15, -0.1) is 0 Å². The van der Waals surface area contributed by atoms with Crippen molar-refractivity contribution in [3.63, 3.8) is 0 Å². The molecule has 0 rings (SSSR count). The van der Waals surface area contributed by atoms with Gasteiger partial charge < -0.3 is 0 Å². The van der Waals surface area contributed by atoms with E-state index in [4.69, 9.17) is 5.53 Å². The Kier molecular flexibility index (Phi) is 3.25. The number of nitrogens with zero attached hydrogens (tertiary/aromatic N) is 1. The van der Waals surface area contributed by atoms with Crippen LogP contribution in [0.4, 0.5) is 0 Å². The fraction of sp³-hybridized carbons (Fsp3) is 1.00. The molecule has 0 atom stereocenters. The van der Waals surface area contributed by atoms with Crippen molar-refractivity contribution in [3.05, 3.63) is 0 Å². The van der Waals surface area contributed by atoms with Crippen LogP contribution in [-0.2, 0) is 0 Å². The third-order valence-corrected chi connectivity index (χ3v) is 0.237. The van der Waals surface area contributed by atoms with Crippen molar-refractivity contribution in [1.29, 1.82) is 5.53 Å². The summed E-state index contributed by atoms with van der Waals surface area (Å²) in [7, 11) is 1.75. The van der Waals surface area contributed by atoms with E-state index in [1.165, 1.54) is 0 Å². The first-order valence-corrected chi connectivity index (χ1v) is 1.39. The molecular weight excluding hydrogens is 66.0 g/mol. The number of hydrogen-bond donors (Lipinski definition) is 2. The Morgan fingerprint density at radius 2 is 2.60 bits per heavy atom. The van der Waals surface area contributed by atoms with Crippen molar-refractivity contribution in [2.45, 2.75) is 0 Å². The first kappa shape index (κ1) is 4.56. The lowest BCUT2D eigenvalue weighted by atomic mass is 11.1. The van der Waals surface area contributed by atoms with Crippen molar-refractivity contribution < 1.29 is 0 Å². The fourth-order valence-corrected chi connectivity index (χ4v) is 0.0791. The van der Waals surface area contributed by atoms with Crippen molar-refractivity contribution in [2.24, 2.45) is 5.11 Å². The molecule has 0 aromatic rings. The second kappa shape index (κ2) is 3.56. The monoisotopic (exact) mass is 73.1 g/mol. The van der Waals surface area contributed by atoms with E-state index in [-0.39, 0.29) is 0 Å². The van der Waals surface area contributed by atoms with Gasteiger partial charge in [0.1, 0.15) is 6.67 Å². The van der Waals surface area contributed by atoms with Gasteiger partial charge >= 0.3 is 0 Å². The summed E-state index contributed by atoms with van der Waals surface area (Å²) in [5.74, 6) is 0. The standard InChI is InChI=1S/C2H7N3/c1-4-2-5-3/h3-4H,2H2,1H3. The zero-order valence-corrected chi connectivity index (χ0v) is 3.15. The summed E-state index contributed by atoms with van der Waals surface area (Å²) in [6.45, 7) is 0.431. The van der Waals surface area contributed by atoms with Gasteiger partial charge in [0, 0.05) is 0 Å². The molecule has 0 aliphatic rings. The lowest BCUT2D eigenvalue weighted by Crippen LogP contribution is -2.02. The highest BCUT2D eigenvalue weighted by atomic mass is 15.1. The molecule has 0 heterocycles. The fourth-order valence-electron chi connectivity index (χ4n) is 0.0791. The van der Waals surface area contributed by atoms with Gasteiger partial charge in [0.2, 0.25) is 0 Å². The molecule has 0 aromatic carbocycles. The molecule has 0 aromatic heterocycles. The van der Waals surface area contributed by atoms with Gasteiger partial charge in [-0.25, -0.2) is 5.53 Å². The minimum absolute atomic E-state index is 0.431. The van der Waals surface area contributed by atoms with Crippen LogP contribution in [-0.4, -0.2) is 13.7 Å². The highest BCUT2D eigenvalue weighted by Gasteiger charge is 1.58. The van der Waals surface area contributed by atoms with E-state index >= 15 is 0 Å². The van der Waals surface area contributed by atoms with Crippen LogP contribution in [0.1, 0.15) is 0 Å². The highest BCUT2D eigenvalue weighted by Crippen LogP contribution is 1.48. The average molecular weight is 73.1 g/mol. The summed E-state index contributed by atoms with van der Waals surface area (Å²) >= 11 is 0. The average Bonchev–Trinajstić information content (AvgIpc) is 1.41. The van der Waals surface area contributed by atoms with Gasteiger partial charge in [-0.3, -0.25) is 5.32 Å². The van der Waals surface area contributed by atoms with E-state index in [1.807, 2.05) is 0 Å². The maximum absolute atomic E-state index is 6.17. The molecule has 5 heavy (non-hydrogen) atoms. The van der Waals surface area contributed by atoms with Crippen molar-refractivity contribution >= 4 is 0 Å². The van der Waals surface area contributed by atoms with Crippen molar-refractivity contribution in [3.8, 4) is 0 Å². The van der Waals surface area contributed by atoms with Crippen molar-refractivity contribution in [2.75, 3.05) is 13.7 Å². The van der Waals surface area contributed by atoms with E-state index in [0.717, 1.165) is 0 Å². The second-order valence-electron chi connectivity index (χ2n) is 0.670. The van der Waals surface area contributed by atoms with Crippen LogP contribution in [0.25, 0.3) is 0 Å². The number of rotatable bonds is 2. The largest absolute Gasteiger partial charge is 0.300 e. The van der Waals surface area contributed by atoms with Crippen LogP contribution in [0, 0.1) is 5.53 Å². The Bertz CT molecular complexity index is 26.1. The Labute approximate surface area is 30.9 Å². The predicted molar refractivity (Wildman–Crippen MR) is 19.1 cm³/mol. The molecule has 0 saturated heterocycles. The number of nitrogens with one attached hydrogen (secondary N) is 2. The zero-order chi connectivity index (χ0) is 4.12. The van der Waals surface area contributed by atoms with Gasteiger partial charge in [-0.2, -0.15) is 5.11 Å². The molecule has 2 N–H and O–H groups in total. The lowest BCUT2D eigenvalue weighted by Gasteiger charge is -1.78. The van der Waals surface area contributed by atoms with Crippen LogP contribution < -0.4 is 5.32 Å². The molecule has 0 spiro atoms. The van der Waals surface area contributed by atoms with Gasteiger partial charge in [0.25, 0.3) is 0 Å². The summed E-state index contributed by atoms with van der Waals surface area (Å²) in [4.78, 5) is 0. The molecule has 0 fully saturated rings. The van der Waals surface area contributed by atoms with Gasteiger partial charge in [0.05, 0.1) is 0 Å². The van der Waals surface area contributed by atoms with Gasteiger partial charge in [0.15, 0.2) is 0 Å². The Morgan fingerprint density at radius 1 is 2.00 bits per heavy atom. The Morgan fingerprint density at radius 3 is 2.60 bits per heavy atom. The van der Waals surface area contributed by atoms with Crippen LogP contribution in [0.15, 0.2) is 5.11 Å². The first-order chi connectivity index (χ1) is 2.41. The van der Waals surface area contributed by atoms with E-state index in [9.17, 15) is 0 Å². The third kappa shape index (κ3) is 3.56. The smallest absolute Gasteiger partial charge is 0.109 e. The van der Waals surface area contributed by atoms with Crippen LogP contribution in [0.2, 0.25) is 0 Å². The molecule has 0 saturated carbocycles. The van der Waals surface area contributed by atoms with Gasteiger partial charge in [-0.05, 0) is 7.05 Å². The van der Waals surface area contributed by atoms with Crippen LogP contribution in [0.5, 0.6) is 0 Å². The second-order valence-corrected chi connectivity index (χ2v) is 0.670.